The molecule has 0 spiro atoms. The van der Waals surface area contributed by atoms with Crippen LogP contribution in [0.5, 0.6) is 5.75 Å². The second-order valence-corrected chi connectivity index (χ2v) is 15.6. The van der Waals surface area contributed by atoms with Crippen molar-refractivity contribution in [1.29, 1.82) is 0 Å². The molecule has 4 heterocycles. The van der Waals surface area contributed by atoms with Crippen molar-refractivity contribution < 1.29 is 9.15 Å². The Morgan fingerprint density at radius 1 is 0.379 bits per heavy atom. The van der Waals surface area contributed by atoms with Crippen LogP contribution < -0.4 is 4.74 Å². The molecule has 13 rings (SSSR count). The van der Waals surface area contributed by atoms with Crippen LogP contribution in [0.25, 0.3) is 99.2 Å². The van der Waals surface area contributed by atoms with Crippen LogP contribution in [0.15, 0.2) is 199 Å². The molecule has 1 aliphatic heterocycles. The molecule has 0 saturated heterocycles. The number of para-hydroxylation sites is 4. The van der Waals surface area contributed by atoms with Gasteiger partial charge in [0.2, 0.25) is 0 Å². The minimum Gasteiger partial charge on any atom is -0.485 e. The van der Waals surface area contributed by atoms with Crippen LogP contribution in [0.2, 0.25) is 0 Å². The van der Waals surface area contributed by atoms with Gasteiger partial charge >= 0.3 is 0 Å². The first-order valence-electron chi connectivity index (χ1n) is 20.0. The summed E-state index contributed by atoms with van der Waals surface area (Å²) in [4.78, 5) is 0. The Bertz CT molecular complexity index is 3470. The summed E-state index contributed by atoms with van der Waals surface area (Å²) in [6.07, 6.45) is 8.68. The van der Waals surface area contributed by atoms with E-state index in [-0.39, 0.29) is 12.0 Å². The number of aromatic nitrogens is 2. The second-order valence-electron chi connectivity index (χ2n) is 15.6. The molecule has 4 nitrogen and oxygen atoms in total. The normalized spacial score (nSPS) is 15.9. The number of ether oxygens (including phenoxy) is 1. The fourth-order valence-corrected chi connectivity index (χ4v) is 9.78. The standard InChI is InChI=1S/C54H34N2O2/c1-6-16-47-39(11-1)40-12-2-7-17-48(40)55(47)37-23-26-54-46(32-37)45-31-34(22-25-53(45)58-54)36-27-35(33-21-24-52-44(30-33)43-15-5-10-20-51(43)57-52)28-38(29-36)56-49-18-8-3-13-41(49)42-14-4-9-19-50(42)56/h1-32,43,51H. The zero-order chi connectivity index (χ0) is 37.9. The number of furan rings is 1. The monoisotopic (exact) mass is 742 g/mol. The molecule has 0 fully saturated rings. The number of nitrogens with zero attached hydrogens (tertiary/aromatic N) is 2. The Labute approximate surface area is 333 Å². The van der Waals surface area contributed by atoms with Crippen molar-refractivity contribution in [2.75, 3.05) is 0 Å². The van der Waals surface area contributed by atoms with Gasteiger partial charge in [-0.25, -0.2) is 0 Å². The minimum atomic E-state index is 0.0433. The molecule has 0 N–H and O–H groups in total. The Hall–Kier alpha value is -7.56. The molecule has 0 amide bonds. The zero-order valence-corrected chi connectivity index (χ0v) is 31.3. The van der Waals surface area contributed by atoms with E-state index in [1.807, 2.05) is 0 Å². The Balaban J connectivity index is 1.02. The van der Waals surface area contributed by atoms with Gasteiger partial charge in [0.25, 0.3) is 0 Å². The summed E-state index contributed by atoms with van der Waals surface area (Å²) in [6.45, 7) is 0. The van der Waals surface area contributed by atoms with Gasteiger partial charge in [0.1, 0.15) is 23.0 Å². The third kappa shape index (κ3) is 4.57. The fraction of sp³-hybridized carbons (Fsp3) is 0.0370. The van der Waals surface area contributed by atoms with Gasteiger partial charge in [0.05, 0.1) is 22.1 Å². The van der Waals surface area contributed by atoms with Crippen molar-refractivity contribution >= 4 is 65.6 Å². The molecule has 0 radical (unpaired) electrons. The number of hydrogen-bond donors (Lipinski definition) is 0. The molecular formula is C54H34N2O2. The van der Waals surface area contributed by atoms with Gasteiger partial charge in [-0.3, -0.25) is 0 Å². The van der Waals surface area contributed by atoms with E-state index >= 15 is 0 Å². The van der Waals surface area contributed by atoms with Gasteiger partial charge in [0.15, 0.2) is 0 Å². The summed E-state index contributed by atoms with van der Waals surface area (Å²) in [5.41, 5.74) is 14.6. The van der Waals surface area contributed by atoms with E-state index in [0.717, 1.165) is 55.8 Å². The molecule has 1 aliphatic carbocycles. The lowest BCUT2D eigenvalue weighted by atomic mass is 9.89. The van der Waals surface area contributed by atoms with Gasteiger partial charge in [-0.2, -0.15) is 0 Å². The molecule has 4 heteroatoms. The third-order valence-electron chi connectivity index (χ3n) is 12.4. The molecule has 2 aliphatic rings. The first-order valence-corrected chi connectivity index (χ1v) is 20.0. The van der Waals surface area contributed by atoms with Crippen molar-refractivity contribution in [3.63, 3.8) is 0 Å². The topological polar surface area (TPSA) is 32.2 Å². The van der Waals surface area contributed by atoms with Gasteiger partial charge in [0, 0.05) is 55.2 Å². The maximum atomic E-state index is 6.51. The van der Waals surface area contributed by atoms with E-state index in [4.69, 9.17) is 9.15 Å². The van der Waals surface area contributed by atoms with Crippen LogP contribution in [-0.2, 0) is 0 Å². The van der Waals surface area contributed by atoms with Crippen LogP contribution in [-0.4, -0.2) is 15.2 Å². The van der Waals surface area contributed by atoms with E-state index in [1.165, 1.54) is 54.7 Å². The first-order chi connectivity index (χ1) is 28.7. The minimum absolute atomic E-state index is 0.0433. The zero-order valence-electron chi connectivity index (χ0n) is 31.3. The van der Waals surface area contributed by atoms with E-state index in [0.29, 0.717) is 0 Å². The smallest absolute Gasteiger partial charge is 0.135 e. The maximum absolute atomic E-state index is 6.51. The highest BCUT2D eigenvalue weighted by molar-refractivity contribution is 6.12. The van der Waals surface area contributed by atoms with Crippen LogP contribution in [0.1, 0.15) is 11.5 Å². The van der Waals surface area contributed by atoms with Gasteiger partial charge in [-0.1, -0.05) is 103 Å². The highest BCUT2D eigenvalue weighted by atomic mass is 16.5. The summed E-state index contributed by atoms with van der Waals surface area (Å²) >= 11 is 0. The highest BCUT2D eigenvalue weighted by Crippen LogP contribution is 2.45. The lowest BCUT2D eigenvalue weighted by molar-refractivity contribution is 0.269. The van der Waals surface area contributed by atoms with Crippen LogP contribution >= 0.6 is 0 Å². The van der Waals surface area contributed by atoms with Crippen molar-refractivity contribution in [3.05, 3.63) is 200 Å². The summed E-state index contributed by atoms with van der Waals surface area (Å²) in [6, 6.07) is 61.7. The quantitative estimate of drug-likeness (QED) is 0.180. The number of rotatable bonds is 4. The number of benzene rings is 8. The summed E-state index contributed by atoms with van der Waals surface area (Å²) < 4.78 is 17.7. The SMILES string of the molecule is C1=CC2Oc3ccc(-c4cc(-c5ccc6oc7ccc(-n8c9ccccc9c9ccccc98)cc7c6c5)cc(-n5c6ccccc6c6ccccc65)c4)cc3C2C=C1. The summed E-state index contributed by atoms with van der Waals surface area (Å²) in [5.74, 6) is 1.18. The van der Waals surface area contributed by atoms with Crippen LogP contribution in [0.4, 0.5) is 0 Å². The van der Waals surface area contributed by atoms with E-state index in [1.54, 1.807) is 0 Å². The predicted molar refractivity (Wildman–Crippen MR) is 239 cm³/mol. The summed E-state index contributed by atoms with van der Waals surface area (Å²) in [7, 11) is 0. The number of hydrogen-bond acceptors (Lipinski definition) is 2. The van der Waals surface area contributed by atoms with E-state index in [2.05, 4.69) is 203 Å². The van der Waals surface area contributed by atoms with Crippen LogP contribution in [0, 0.1) is 0 Å². The van der Waals surface area contributed by atoms with Crippen molar-refractivity contribution in [1.82, 2.24) is 9.13 Å². The molecule has 58 heavy (non-hydrogen) atoms. The number of fused-ring (bicyclic) bond motifs is 12. The molecule has 2 atom stereocenters. The third-order valence-corrected chi connectivity index (χ3v) is 12.4. The average molecular weight is 743 g/mol. The molecule has 8 aromatic carbocycles. The largest absolute Gasteiger partial charge is 0.485 e. The molecule has 2 unspecified atom stereocenters. The van der Waals surface area contributed by atoms with Gasteiger partial charge in [-0.05, 0) is 113 Å². The van der Waals surface area contributed by atoms with Crippen molar-refractivity contribution in [2.45, 2.75) is 12.0 Å². The van der Waals surface area contributed by atoms with Crippen LogP contribution in [0.3, 0.4) is 0 Å². The lowest BCUT2D eigenvalue weighted by Gasteiger charge is -2.15. The Morgan fingerprint density at radius 3 is 1.53 bits per heavy atom. The summed E-state index contributed by atoms with van der Waals surface area (Å²) in [5, 5.41) is 7.18. The molecular weight excluding hydrogens is 709 g/mol. The number of allylic oxidation sites excluding steroid dienone is 2. The molecule has 0 bridgehead atoms. The van der Waals surface area contributed by atoms with Gasteiger partial charge in [-0.15, -0.1) is 0 Å². The molecule has 3 aromatic heterocycles. The molecule has 0 saturated carbocycles. The fourth-order valence-electron chi connectivity index (χ4n) is 9.78. The van der Waals surface area contributed by atoms with E-state index < -0.39 is 0 Å². The second kappa shape index (κ2) is 12.0. The van der Waals surface area contributed by atoms with Crippen molar-refractivity contribution in [2.24, 2.45) is 0 Å². The Kier molecular flexibility index (Phi) is 6.53. The highest BCUT2D eigenvalue weighted by Gasteiger charge is 2.32. The van der Waals surface area contributed by atoms with Crippen molar-refractivity contribution in [3.8, 4) is 39.4 Å². The molecule has 272 valence electrons. The molecule has 11 aromatic rings. The average Bonchev–Trinajstić information content (AvgIpc) is 4.03. The Morgan fingerprint density at radius 2 is 0.897 bits per heavy atom. The lowest BCUT2D eigenvalue weighted by Crippen LogP contribution is -2.15. The maximum Gasteiger partial charge on any atom is 0.135 e. The van der Waals surface area contributed by atoms with Gasteiger partial charge < -0.3 is 18.3 Å². The first kappa shape index (κ1) is 31.6. The predicted octanol–water partition coefficient (Wildman–Crippen LogP) is 14.1. The van der Waals surface area contributed by atoms with E-state index in [9.17, 15) is 0 Å².